The minimum Gasteiger partial charge on any atom is -0.508 e. The Morgan fingerprint density at radius 1 is 1.36 bits per heavy atom. The highest BCUT2D eigenvalue weighted by atomic mass is 16.3. The van der Waals surface area contributed by atoms with Crippen LogP contribution in [0.3, 0.4) is 0 Å². The average Bonchev–Trinajstić information content (AvgIpc) is 2.71. The maximum Gasteiger partial charge on any atom is 0.115 e. The Hall–Kier alpha value is -1.22. The fraction of sp³-hybridized carbons (Fsp3) is 0.455. The number of nitrogens with one attached hydrogen (secondary N) is 1. The zero-order valence-electron chi connectivity index (χ0n) is 8.40. The van der Waals surface area contributed by atoms with Gasteiger partial charge in [0.25, 0.3) is 0 Å². The van der Waals surface area contributed by atoms with E-state index in [1.165, 1.54) is 6.42 Å². The number of likely N-dealkylation sites (N-methyl/N-ethyl adjacent to an activating group) is 1. The van der Waals surface area contributed by atoms with Gasteiger partial charge in [-0.3, -0.25) is 0 Å². The smallest absolute Gasteiger partial charge is 0.115 e. The van der Waals surface area contributed by atoms with E-state index in [4.69, 9.17) is 0 Å². The van der Waals surface area contributed by atoms with Gasteiger partial charge < -0.3 is 15.3 Å². The second-order valence-electron chi connectivity index (χ2n) is 3.77. The monoisotopic (exact) mass is 192 g/mol. The van der Waals surface area contributed by atoms with Crippen molar-refractivity contribution in [2.75, 3.05) is 25.0 Å². The molecule has 1 atom stereocenters. The van der Waals surface area contributed by atoms with E-state index in [-0.39, 0.29) is 0 Å². The van der Waals surface area contributed by atoms with Crippen LogP contribution in [0, 0.1) is 0 Å². The third kappa shape index (κ3) is 1.82. The minimum absolute atomic E-state index is 0.326. The van der Waals surface area contributed by atoms with E-state index < -0.39 is 0 Å². The summed E-state index contributed by atoms with van der Waals surface area (Å²) in [4.78, 5) is 2.26. The SMILES string of the molecule is CN(c1ccc(O)cc1)[C@H]1CCNC1. The highest BCUT2D eigenvalue weighted by Crippen LogP contribution is 2.20. The van der Waals surface area contributed by atoms with Crippen LogP contribution in [0.2, 0.25) is 0 Å². The van der Waals surface area contributed by atoms with Gasteiger partial charge in [-0.2, -0.15) is 0 Å². The third-order valence-electron chi connectivity index (χ3n) is 2.84. The van der Waals surface area contributed by atoms with Crippen LogP contribution in [0.25, 0.3) is 0 Å². The lowest BCUT2D eigenvalue weighted by atomic mass is 10.2. The van der Waals surface area contributed by atoms with Crippen LogP contribution >= 0.6 is 0 Å². The van der Waals surface area contributed by atoms with Crippen LogP contribution in [0.15, 0.2) is 24.3 Å². The molecule has 0 aliphatic carbocycles. The van der Waals surface area contributed by atoms with E-state index in [0.29, 0.717) is 11.8 Å². The number of phenols is 1. The van der Waals surface area contributed by atoms with Crippen molar-refractivity contribution in [3.63, 3.8) is 0 Å². The predicted molar refractivity (Wildman–Crippen MR) is 57.8 cm³/mol. The molecule has 1 aliphatic rings. The van der Waals surface area contributed by atoms with Crippen molar-refractivity contribution in [1.82, 2.24) is 5.32 Å². The van der Waals surface area contributed by atoms with Gasteiger partial charge in [-0.05, 0) is 37.2 Å². The Morgan fingerprint density at radius 3 is 2.64 bits per heavy atom. The van der Waals surface area contributed by atoms with Crippen LogP contribution in [0.4, 0.5) is 5.69 Å². The van der Waals surface area contributed by atoms with Gasteiger partial charge in [0, 0.05) is 25.3 Å². The zero-order valence-corrected chi connectivity index (χ0v) is 8.40. The molecule has 1 aliphatic heterocycles. The van der Waals surface area contributed by atoms with E-state index in [0.717, 1.165) is 18.8 Å². The van der Waals surface area contributed by atoms with Crippen molar-refractivity contribution >= 4 is 5.69 Å². The Kier molecular flexibility index (Phi) is 2.59. The lowest BCUT2D eigenvalue weighted by Crippen LogP contribution is -2.33. The fourth-order valence-corrected chi connectivity index (χ4v) is 1.87. The van der Waals surface area contributed by atoms with E-state index in [1.807, 2.05) is 12.1 Å². The molecular weight excluding hydrogens is 176 g/mol. The number of nitrogens with zero attached hydrogens (tertiary/aromatic N) is 1. The first-order valence-corrected chi connectivity index (χ1v) is 5.00. The zero-order chi connectivity index (χ0) is 9.97. The van der Waals surface area contributed by atoms with Crippen LogP contribution in [-0.4, -0.2) is 31.3 Å². The van der Waals surface area contributed by atoms with Gasteiger partial charge in [0.15, 0.2) is 0 Å². The van der Waals surface area contributed by atoms with Gasteiger partial charge in [0.2, 0.25) is 0 Å². The highest BCUT2D eigenvalue weighted by Gasteiger charge is 2.18. The molecule has 2 rings (SSSR count). The summed E-state index contributed by atoms with van der Waals surface area (Å²) in [7, 11) is 2.10. The molecule has 0 aromatic heterocycles. The lowest BCUT2D eigenvalue weighted by Gasteiger charge is -2.25. The molecule has 1 fully saturated rings. The molecule has 1 saturated heterocycles. The first kappa shape index (κ1) is 9.34. The number of aromatic hydroxyl groups is 1. The number of anilines is 1. The second kappa shape index (κ2) is 3.88. The normalized spacial score (nSPS) is 21.1. The van der Waals surface area contributed by atoms with E-state index in [9.17, 15) is 5.11 Å². The molecular formula is C11H16N2O. The Balaban J connectivity index is 2.09. The van der Waals surface area contributed by atoms with E-state index >= 15 is 0 Å². The second-order valence-corrected chi connectivity index (χ2v) is 3.77. The number of hydrogen-bond donors (Lipinski definition) is 2. The van der Waals surface area contributed by atoms with Gasteiger partial charge in [0.1, 0.15) is 5.75 Å². The van der Waals surface area contributed by atoms with Crippen molar-refractivity contribution in [2.24, 2.45) is 0 Å². The summed E-state index contributed by atoms with van der Waals surface area (Å²) in [6.07, 6.45) is 1.19. The number of hydrogen-bond acceptors (Lipinski definition) is 3. The molecule has 0 bridgehead atoms. The summed E-state index contributed by atoms with van der Waals surface area (Å²) in [6, 6.07) is 7.95. The molecule has 0 saturated carbocycles. The van der Waals surface area contributed by atoms with Crippen molar-refractivity contribution < 1.29 is 5.11 Å². The molecule has 0 spiro atoms. The summed E-state index contributed by atoms with van der Waals surface area (Å²) < 4.78 is 0. The summed E-state index contributed by atoms with van der Waals surface area (Å²) in [5.74, 6) is 0.326. The van der Waals surface area contributed by atoms with Crippen molar-refractivity contribution in [3.05, 3.63) is 24.3 Å². The first-order chi connectivity index (χ1) is 6.77. The summed E-state index contributed by atoms with van der Waals surface area (Å²) in [6.45, 7) is 2.16. The van der Waals surface area contributed by atoms with E-state index in [2.05, 4.69) is 17.3 Å². The minimum atomic E-state index is 0.326. The first-order valence-electron chi connectivity index (χ1n) is 5.00. The number of rotatable bonds is 2. The fourth-order valence-electron chi connectivity index (χ4n) is 1.87. The maximum atomic E-state index is 9.17. The average molecular weight is 192 g/mol. The van der Waals surface area contributed by atoms with Crippen LogP contribution < -0.4 is 10.2 Å². The topological polar surface area (TPSA) is 35.5 Å². The molecule has 76 valence electrons. The van der Waals surface area contributed by atoms with Gasteiger partial charge in [0.05, 0.1) is 0 Å². The van der Waals surface area contributed by atoms with E-state index in [1.54, 1.807) is 12.1 Å². The van der Waals surface area contributed by atoms with Crippen LogP contribution in [0.5, 0.6) is 5.75 Å². The maximum absolute atomic E-state index is 9.17. The lowest BCUT2D eigenvalue weighted by molar-refractivity contribution is 0.475. The molecule has 14 heavy (non-hydrogen) atoms. The summed E-state index contributed by atoms with van der Waals surface area (Å²) in [5.41, 5.74) is 1.16. The molecule has 3 nitrogen and oxygen atoms in total. The largest absolute Gasteiger partial charge is 0.508 e. The van der Waals surface area contributed by atoms with Gasteiger partial charge in [-0.1, -0.05) is 0 Å². The van der Waals surface area contributed by atoms with Crippen LogP contribution in [-0.2, 0) is 0 Å². The van der Waals surface area contributed by atoms with Crippen LogP contribution in [0.1, 0.15) is 6.42 Å². The number of phenolic OH excluding ortho intramolecular Hbond substituents is 1. The Bertz CT molecular complexity index is 291. The Morgan fingerprint density at radius 2 is 2.07 bits per heavy atom. The molecule has 0 radical (unpaired) electrons. The molecule has 0 unspecified atom stereocenters. The number of benzene rings is 1. The molecule has 1 aromatic rings. The third-order valence-corrected chi connectivity index (χ3v) is 2.84. The van der Waals surface area contributed by atoms with Gasteiger partial charge in [-0.25, -0.2) is 0 Å². The van der Waals surface area contributed by atoms with Crippen molar-refractivity contribution in [1.29, 1.82) is 0 Å². The standard InChI is InChI=1S/C11H16N2O/c1-13(10-6-7-12-8-10)9-2-4-11(14)5-3-9/h2-5,10,12,14H,6-8H2,1H3/t10-/m0/s1. The van der Waals surface area contributed by atoms with Gasteiger partial charge >= 0.3 is 0 Å². The molecule has 1 aromatic carbocycles. The molecule has 0 amide bonds. The van der Waals surface area contributed by atoms with Crippen molar-refractivity contribution in [2.45, 2.75) is 12.5 Å². The molecule has 2 N–H and O–H groups in total. The molecule has 3 heteroatoms. The molecule has 1 heterocycles. The van der Waals surface area contributed by atoms with Gasteiger partial charge in [-0.15, -0.1) is 0 Å². The highest BCUT2D eigenvalue weighted by molar-refractivity contribution is 5.49. The Labute approximate surface area is 84.4 Å². The quantitative estimate of drug-likeness (QED) is 0.739. The van der Waals surface area contributed by atoms with Crippen molar-refractivity contribution in [3.8, 4) is 5.75 Å². The summed E-state index contributed by atoms with van der Waals surface area (Å²) in [5, 5.41) is 12.5. The predicted octanol–water partition coefficient (Wildman–Crippen LogP) is 1.19. The summed E-state index contributed by atoms with van der Waals surface area (Å²) >= 11 is 0.